The molecule has 0 amide bonds. The molecule has 2 heterocycles. The number of aliphatic imine (C=N–C) groups is 2. The fraction of sp³-hybridized carbons (Fsp3) is 0.0213. The zero-order chi connectivity index (χ0) is 33.7. The van der Waals surface area contributed by atoms with E-state index in [-0.39, 0.29) is 6.17 Å². The molecular weight excluding hydrogens is 623 g/mol. The number of fused-ring (bicyclic) bond motifs is 5. The van der Waals surface area contributed by atoms with Crippen molar-refractivity contribution >= 4 is 55.2 Å². The molecule has 0 spiro atoms. The molecule has 9 aromatic rings. The lowest BCUT2D eigenvalue weighted by Crippen LogP contribution is -2.33. The van der Waals surface area contributed by atoms with Gasteiger partial charge in [0.1, 0.15) is 23.2 Å². The zero-order valence-corrected chi connectivity index (χ0v) is 27.6. The molecule has 1 N–H and O–H groups in total. The number of nitrogens with one attached hydrogen (secondary N) is 1. The lowest BCUT2D eigenvalue weighted by Gasteiger charge is -2.24. The van der Waals surface area contributed by atoms with Crippen LogP contribution in [0.25, 0.3) is 65.7 Å². The molecule has 1 aliphatic rings. The summed E-state index contributed by atoms with van der Waals surface area (Å²) in [5, 5.41) is 10.5. The Morgan fingerprint density at radius 1 is 0.451 bits per heavy atom. The second-order valence-electron chi connectivity index (χ2n) is 13.1. The molecule has 1 unspecified atom stereocenters. The Hall–Kier alpha value is -6.78. The molecule has 0 saturated carbocycles. The lowest BCUT2D eigenvalue weighted by atomic mass is 9.96. The average Bonchev–Trinajstić information content (AvgIpc) is 3.59. The Balaban J connectivity index is 1.18. The third-order valence-corrected chi connectivity index (χ3v) is 9.88. The van der Waals surface area contributed by atoms with Crippen molar-refractivity contribution in [3.05, 3.63) is 193 Å². The summed E-state index contributed by atoms with van der Waals surface area (Å²) in [6, 6.07) is 61.7. The van der Waals surface area contributed by atoms with Crippen LogP contribution in [0.2, 0.25) is 0 Å². The smallest absolute Gasteiger partial charge is 0.160 e. The molecule has 240 valence electrons. The molecule has 51 heavy (non-hydrogen) atoms. The summed E-state index contributed by atoms with van der Waals surface area (Å²) < 4.78 is 6.53. The zero-order valence-electron chi connectivity index (χ0n) is 27.6. The maximum atomic E-state index is 6.53. The average molecular weight is 654 g/mol. The highest BCUT2D eigenvalue weighted by Crippen LogP contribution is 2.38. The van der Waals surface area contributed by atoms with E-state index < -0.39 is 0 Å². The predicted molar refractivity (Wildman–Crippen MR) is 211 cm³/mol. The summed E-state index contributed by atoms with van der Waals surface area (Å²) in [6.45, 7) is 0. The fourth-order valence-electron chi connectivity index (χ4n) is 7.29. The van der Waals surface area contributed by atoms with Crippen LogP contribution in [0.3, 0.4) is 0 Å². The second-order valence-corrected chi connectivity index (χ2v) is 13.1. The predicted octanol–water partition coefficient (Wildman–Crippen LogP) is 11.7. The van der Waals surface area contributed by atoms with Gasteiger partial charge in [-0.3, -0.25) is 0 Å². The monoisotopic (exact) mass is 653 g/mol. The van der Waals surface area contributed by atoms with Crippen LogP contribution in [0, 0.1) is 0 Å². The summed E-state index contributed by atoms with van der Waals surface area (Å²) in [4.78, 5) is 10.6. The van der Waals surface area contributed by atoms with E-state index in [2.05, 4.69) is 163 Å². The standard InChI is InChI=1S/C47H31N3O/c1-3-11-30(12-4-1)35-22-20-32-21-24-37(27-38(32)26-35)46-48-45(33-14-5-2-6-15-33)49-47(50-46)41-28-39(36-23-19-31-13-7-8-16-34(31)25-36)29-43-44(41)40-17-9-10-18-42(40)51-43/h1-29,45H,(H,48,49,50). The maximum absolute atomic E-state index is 6.53. The third-order valence-electron chi connectivity index (χ3n) is 9.88. The number of nitrogens with zero attached hydrogens (tertiary/aromatic N) is 2. The van der Waals surface area contributed by atoms with E-state index in [4.69, 9.17) is 14.4 Å². The van der Waals surface area contributed by atoms with E-state index in [9.17, 15) is 0 Å². The highest BCUT2D eigenvalue weighted by atomic mass is 16.3. The van der Waals surface area contributed by atoms with Gasteiger partial charge in [0.05, 0.1) is 0 Å². The molecule has 0 fully saturated rings. The number of amidine groups is 2. The highest BCUT2D eigenvalue weighted by molar-refractivity contribution is 6.23. The molecule has 10 rings (SSSR count). The Bertz CT molecular complexity index is 2830. The van der Waals surface area contributed by atoms with Crippen molar-refractivity contribution in [2.75, 3.05) is 0 Å². The van der Waals surface area contributed by atoms with Gasteiger partial charge in [0, 0.05) is 21.9 Å². The minimum absolute atomic E-state index is 0.336. The van der Waals surface area contributed by atoms with E-state index in [0.29, 0.717) is 5.84 Å². The Morgan fingerprint density at radius 3 is 1.90 bits per heavy atom. The molecule has 1 aliphatic heterocycles. The molecule has 0 bridgehead atoms. The van der Waals surface area contributed by atoms with Crippen LogP contribution in [-0.4, -0.2) is 11.7 Å². The molecule has 0 radical (unpaired) electrons. The lowest BCUT2D eigenvalue weighted by molar-refractivity contribution is 0.668. The first-order chi connectivity index (χ1) is 25.2. The normalized spacial score (nSPS) is 14.5. The van der Waals surface area contributed by atoms with Gasteiger partial charge in [0.25, 0.3) is 0 Å². The van der Waals surface area contributed by atoms with E-state index in [0.717, 1.165) is 61.0 Å². The van der Waals surface area contributed by atoms with Gasteiger partial charge in [0.15, 0.2) is 5.84 Å². The number of benzene rings is 8. The van der Waals surface area contributed by atoms with Gasteiger partial charge in [0.2, 0.25) is 0 Å². The van der Waals surface area contributed by atoms with Crippen LogP contribution < -0.4 is 5.32 Å². The minimum atomic E-state index is -0.336. The van der Waals surface area contributed by atoms with Crippen molar-refractivity contribution in [2.24, 2.45) is 9.98 Å². The summed E-state index contributed by atoms with van der Waals surface area (Å²) in [5.41, 5.74) is 9.19. The van der Waals surface area contributed by atoms with Crippen molar-refractivity contribution in [3.63, 3.8) is 0 Å². The molecule has 0 aliphatic carbocycles. The van der Waals surface area contributed by atoms with Crippen molar-refractivity contribution in [2.45, 2.75) is 6.17 Å². The van der Waals surface area contributed by atoms with Gasteiger partial charge >= 0.3 is 0 Å². The molecule has 4 heteroatoms. The van der Waals surface area contributed by atoms with Gasteiger partial charge in [-0.15, -0.1) is 0 Å². The topological polar surface area (TPSA) is 49.9 Å². The molecule has 1 atom stereocenters. The largest absolute Gasteiger partial charge is 0.456 e. The number of hydrogen-bond acceptors (Lipinski definition) is 4. The first kappa shape index (κ1) is 29.2. The van der Waals surface area contributed by atoms with Crippen molar-refractivity contribution < 1.29 is 4.42 Å². The van der Waals surface area contributed by atoms with E-state index in [1.807, 2.05) is 18.2 Å². The molecular formula is C47H31N3O. The Labute approximate surface area is 295 Å². The molecule has 1 aromatic heterocycles. The van der Waals surface area contributed by atoms with E-state index in [1.165, 1.54) is 27.3 Å². The molecule has 0 saturated heterocycles. The molecule has 4 nitrogen and oxygen atoms in total. The van der Waals surface area contributed by atoms with Crippen molar-refractivity contribution in [1.82, 2.24) is 5.32 Å². The van der Waals surface area contributed by atoms with Crippen LogP contribution in [0.4, 0.5) is 0 Å². The Kier molecular flexibility index (Phi) is 6.85. The van der Waals surface area contributed by atoms with Crippen LogP contribution in [0.1, 0.15) is 22.9 Å². The highest BCUT2D eigenvalue weighted by Gasteiger charge is 2.24. The first-order valence-electron chi connectivity index (χ1n) is 17.3. The summed E-state index contributed by atoms with van der Waals surface area (Å²) in [7, 11) is 0. The quantitative estimate of drug-likeness (QED) is 0.201. The second kappa shape index (κ2) is 12.0. The number of furan rings is 1. The van der Waals surface area contributed by atoms with Gasteiger partial charge in [-0.1, -0.05) is 140 Å². The van der Waals surface area contributed by atoms with Crippen LogP contribution in [-0.2, 0) is 0 Å². The maximum Gasteiger partial charge on any atom is 0.160 e. The van der Waals surface area contributed by atoms with Crippen LogP contribution in [0.15, 0.2) is 190 Å². The fourth-order valence-corrected chi connectivity index (χ4v) is 7.29. The van der Waals surface area contributed by atoms with Gasteiger partial charge in [-0.2, -0.15) is 0 Å². The first-order valence-corrected chi connectivity index (χ1v) is 17.3. The summed E-state index contributed by atoms with van der Waals surface area (Å²) >= 11 is 0. The van der Waals surface area contributed by atoms with Crippen LogP contribution in [0.5, 0.6) is 0 Å². The van der Waals surface area contributed by atoms with Crippen molar-refractivity contribution in [1.29, 1.82) is 0 Å². The Morgan fingerprint density at radius 2 is 1.08 bits per heavy atom. The van der Waals surface area contributed by atoms with Crippen molar-refractivity contribution in [3.8, 4) is 22.3 Å². The SMILES string of the molecule is c1ccc(-c2ccc3ccc(C4=NC(c5cc(-c6ccc7ccccc7c6)cc6oc7ccccc7c56)=NC(c5ccccc5)N4)cc3c2)cc1. The molecule has 8 aromatic carbocycles. The number of para-hydroxylation sites is 1. The number of rotatable bonds is 5. The summed E-state index contributed by atoms with van der Waals surface area (Å²) in [5.74, 6) is 1.44. The summed E-state index contributed by atoms with van der Waals surface area (Å²) in [6.07, 6.45) is -0.336. The third kappa shape index (κ3) is 5.25. The minimum Gasteiger partial charge on any atom is -0.456 e. The van der Waals surface area contributed by atoms with E-state index >= 15 is 0 Å². The van der Waals surface area contributed by atoms with Gasteiger partial charge in [-0.25, -0.2) is 9.98 Å². The van der Waals surface area contributed by atoms with E-state index in [1.54, 1.807) is 0 Å². The van der Waals surface area contributed by atoms with Crippen LogP contribution >= 0.6 is 0 Å². The number of hydrogen-bond donors (Lipinski definition) is 1. The van der Waals surface area contributed by atoms with Gasteiger partial charge < -0.3 is 9.73 Å². The van der Waals surface area contributed by atoms with Gasteiger partial charge in [-0.05, 0) is 85.8 Å².